The number of fused-ring (bicyclic) bond motifs is 1. The van der Waals surface area contributed by atoms with Gasteiger partial charge in [0.05, 0.1) is 24.2 Å². The van der Waals surface area contributed by atoms with Gasteiger partial charge in [0.2, 0.25) is 11.2 Å². The fourth-order valence-electron chi connectivity index (χ4n) is 3.12. The van der Waals surface area contributed by atoms with E-state index in [9.17, 15) is 22.8 Å². The Morgan fingerprint density at radius 3 is 2.38 bits per heavy atom. The Morgan fingerprint density at radius 2 is 1.75 bits per heavy atom. The van der Waals surface area contributed by atoms with E-state index in [1.54, 1.807) is 19.9 Å². The Morgan fingerprint density at radius 1 is 1.06 bits per heavy atom. The Hall–Kier alpha value is -3.49. The molecule has 0 N–H and O–H groups in total. The largest absolute Gasteiger partial charge is 0.496 e. The number of para-hydroxylation sites is 1. The smallest absolute Gasteiger partial charge is 0.450 e. The fourth-order valence-corrected chi connectivity index (χ4v) is 3.12. The molecule has 0 spiro atoms. The van der Waals surface area contributed by atoms with Gasteiger partial charge in [0.25, 0.3) is 0 Å². The minimum absolute atomic E-state index is 0.0386. The first-order valence-electron chi connectivity index (χ1n) is 9.71. The number of methoxy groups -OCH3 is 1. The van der Waals surface area contributed by atoms with Gasteiger partial charge in [-0.3, -0.25) is 4.79 Å². The lowest BCUT2D eigenvalue weighted by molar-refractivity contribution is -0.155. The van der Waals surface area contributed by atoms with Crippen molar-refractivity contribution in [3.8, 4) is 22.6 Å². The van der Waals surface area contributed by atoms with Crippen molar-refractivity contribution in [1.29, 1.82) is 0 Å². The standard InChI is InChI=1S/C23H21F3O6/c1-12(2)30-22(28)13(3)31-14-9-10-16-18(11-14)32-21(23(24,25)26)19(20(16)27)15-7-5-6-8-17(15)29-4/h5-13H,1-4H3/t13-/m1/s1. The van der Waals surface area contributed by atoms with Crippen LogP contribution in [0.25, 0.3) is 22.1 Å². The highest BCUT2D eigenvalue weighted by Crippen LogP contribution is 2.40. The molecular weight excluding hydrogens is 429 g/mol. The van der Waals surface area contributed by atoms with Crippen LogP contribution in [0.15, 0.2) is 51.7 Å². The Bertz CT molecular complexity index is 1200. The van der Waals surface area contributed by atoms with Gasteiger partial charge in [-0.1, -0.05) is 18.2 Å². The number of hydrogen-bond acceptors (Lipinski definition) is 6. The Balaban J connectivity index is 2.14. The molecule has 0 aliphatic heterocycles. The number of halogens is 3. The molecule has 0 radical (unpaired) electrons. The Kier molecular flexibility index (Phi) is 6.47. The van der Waals surface area contributed by atoms with Crippen molar-refractivity contribution in [3.05, 3.63) is 58.4 Å². The fraction of sp³-hybridized carbons (Fsp3) is 0.304. The van der Waals surface area contributed by atoms with Crippen molar-refractivity contribution < 1.29 is 36.6 Å². The summed E-state index contributed by atoms with van der Waals surface area (Å²) in [6.45, 7) is 4.79. The highest BCUT2D eigenvalue weighted by Gasteiger charge is 2.40. The molecule has 2 aromatic carbocycles. The van der Waals surface area contributed by atoms with Crippen molar-refractivity contribution in [1.82, 2.24) is 0 Å². The van der Waals surface area contributed by atoms with Crippen LogP contribution in [0.4, 0.5) is 13.2 Å². The van der Waals surface area contributed by atoms with Crippen LogP contribution in [0.5, 0.6) is 11.5 Å². The minimum atomic E-state index is -4.95. The lowest BCUT2D eigenvalue weighted by Crippen LogP contribution is -2.28. The third-order valence-electron chi connectivity index (χ3n) is 4.49. The Labute approximate surface area is 181 Å². The molecule has 3 aromatic rings. The number of benzene rings is 2. The van der Waals surface area contributed by atoms with Gasteiger partial charge in [0.1, 0.15) is 17.1 Å². The van der Waals surface area contributed by atoms with Crippen LogP contribution >= 0.6 is 0 Å². The van der Waals surface area contributed by atoms with E-state index in [2.05, 4.69) is 0 Å². The van der Waals surface area contributed by atoms with E-state index in [1.807, 2.05) is 0 Å². The monoisotopic (exact) mass is 450 g/mol. The van der Waals surface area contributed by atoms with Gasteiger partial charge in [0.15, 0.2) is 6.10 Å². The minimum Gasteiger partial charge on any atom is -0.496 e. The number of carbonyl (C=O) groups excluding carboxylic acids is 1. The molecule has 0 saturated heterocycles. The summed E-state index contributed by atoms with van der Waals surface area (Å²) in [6.07, 6.45) is -6.32. The molecule has 0 amide bonds. The van der Waals surface area contributed by atoms with Crippen LogP contribution in [-0.4, -0.2) is 25.3 Å². The van der Waals surface area contributed by atoms with Gasteiger partial charge in [-0.15, -0.1) is 0 Å². The summed E-state index contributed by atoms with van der Waals surface area (Å²) in [7, 11) is 1.30. The maximum atomic E-state index is 13.8. The van der Waals surface area contributed by atoms with Gasteiger partial charge >= 0.3 is 12.1 Å². The average Bonchev–Trinajstić information content (AvgIpc) is 2.72. The highest BCUT2D eigenvalue weighted by molar-refractivity contribution is 5.85. The second-order valence-electron chi connectivity index (χ2n) is 7.24. The summed E-state index contributed by atoms with van der Waals surface area (Å²) >= 11 is 0. The summed E-state index contributed by atoms with van der Waals surface area (Å²) < 4.78 is 62.4. The zero-order valence-electron chi connectivity index (χ0n) is 17.8. The van der Waals surface area contributed by atoms with Gasteiger partial charge in [-0.05, 0) is 39.0 Å². The van der Waals surface area contributed by atoms with Crippen molar-refractivity contribution >= 4 is 16.9 Å². The van der Waals surface area contributed by atoms with Gasteiger partial charge in [-0.2, -0.15) is 13.2 Å². The first kappa shape index (κ1) is 23.2. The lowest BCUT2D eigenvalue weighted by Gasteiger charge is -2.17. The summed E-state index contributed by atoms with van der Waals surface area (Å²) in [6, 6.07) is 9.67. The van der Waals surface area contributed by atoms with Crippen LogP contribution in [0.3, 0.4) is 0 Å². The van der Waals surface area contributed by atoms with Crippen molar-refractivity contribution in [2.75, 3.05) is 7.11 Å². The van der Waals surface area contributed by atoms with Crippen molar-refractivity contribution in [3.63, 3.8) is 0 Å². The summed E-state index contributed by atoms with van der Waals surface area (Å²) in [4.78, 5) is 25.0. The normalized spacial score (nSPS) is 12.6. The molecular formula is C23H21F3O6. The quantitative estimate of drug-likeness (QED) is 0.480. The van der Waals surface area contributed by atoms with Gasteiger partial charge in [0, 0.05) is 11.6 Å². The van der Waals surface area contributed by atoms with Crippen molar-refractivity contribution in [2.24, 2.45) is 0 Å². The zero-order chi connectivity index (χ0) is 23.6. The number of rotatable bonds is 6. The molecule has 1 aromatic heterocycles. The first-order chi connectivity index (χ1) is 15.0. The molecule has 170 valence electrons. The third kappa shape index (κ3) is 4.71. The second-order valence-corrected chi connectivity index (χ2v) is 7.24. The zero-order valence-corrected chi connectivity index (χ0v) is 17.8. The number of hydrogen-bond donors (Lipinski definition) is 0. The number of ether oxygens (including phenoxy) is 3. The van der Waals surface area contributed by atoms with E-state index in [-0.39, 0.29) is 34.1 Å². The molecule has 0 fully saturated rings. The summed E-state index contributed by atoms with van der Waals surface area (Å²) in [5.41, 5.74) is -1.89. The molecule has 3 rings (SSSR count). The van der Waals surface area contributed by atoms with Crippen molar-refractivity contribution in [2.45, 2.75) is 39.2 Å². The summed E-state index contributed by atoms with van der Waals surface area (Å²) in [5, 5.41) is -0.0799. The van der Waals surface area contributed by atoms with E-state index in [1.165, 1.54) is 44.4 Å². The molecule has 0 aliphatic carbocycles. The van der Waals surface area contributed by atoms with Gasteiger partial charge < -0.3 is 18.6 Å². The van der Waals surface area contributed by atoms with E-state index in [4.69, 9.17) is 18.6 Å². The SMILES string of the molecule is COc1ccccc1-c1c(C(F)(F)F)oc2cc(O[C@H](C)C(=O)OC(C)C)ccc2c1=O. The predicted molar refractivity (Wildman–Crippen MR) is 111 cm³/mol. The number of carbonyl (C=O) groups is 1. The van der Waals surface area contributed by atoms with Crippen LogP contribution < -0.4 is 14.9 Å². The van der Waals surface area contributed by atoms with Crippen LogP contribution in [-0.2, 0) is 15.7 Å². The van der Waals surface area contributed by atoms with Gasteiger partial charge in [-0.25, -0.2) is 4.79 Å². The number of alkyl halides is 3. The molecule has 0 bridgehead atoms. The number of esters is 1. The highest BCUT2D eigenvalue weighted by atomic mass is 19.4. The molecule has 0 saturated carbocycles. The molecule has 0 unspecified atom stereocenters. The maximum absolute atomic E-state index is 13.8. The average molecular weight is 450 g/mol. The topological polar surface area (TPSA) is 75.0 Å². The molecule has 9 heteroatoms. The van der Waals surface area contributed by atoms with E-state index in [0.717, 1.165) is 6.07 Å². The first-order valence-corrected chi connectivity index (χ1v) is 9.71. The molecule has 1 heterocycles. The van der Waals surface area contributed by atoms with Crippen LogP contribution in [0.1, 0.15) is 26.5 Å². The molecule has 6 nitrogen and oxygen atoms in total. The maximum Gasteiger partial charge on any atom is 0.450 e. The molecule has 32 heavy (non-hydrogen) atoms. The molecule has 0 aliphatic rings. The van der Waals surface area contributed by atoms with E-state index in [0.29, 0.717) is 0 Å². The third-order valence-corrected chi connectivity index (χ3v) is 4.49. The summed E-state index contributed by atoms with van der Waals surface area (Å²) in [5.74, 6) is -1.94. The van der Waals surface area contributed by atoms with E-state index < -0.39 is 35.0 Å². The second kappa shape index (κ2) is 8.94. The predicted octanol–water partition coefficient (Wildman–Crippen LogP) is 5.21. The molecule has 1 atom stereocenters. The lowest BCUT2D eigenvalue weighted by atomic mass is 10.0. The van der Waals surface area contributed by atoms with Crippen LogP contribution in [0.2, 0.25) is 0 Å². The van der Waals surface area contributed by atoms with Crippen LogP contribution in [0, 0.1) is 0 Å². The van der Waals surface area contributed by atoms with E-state index >= 15 is 0 Å².